The summed E-state index contributed by atoms with van der Waals surface area (Å²) in [4.78, 5) is 0. The van der Waals surface area contributed by atoms with Gasteiger partial charge in [-0.3, -0.25) is 0 Å². The quantitative estimate of drug-likeness (QED) is 0.0558. The Bertz CT molecular complexity index is 478. The molecule has 0 saturated carbocycles. The van der Waals surface area contributed by atoms with E-state index in [1.165, 1.54) is 193 Å². The monoisotopic (exact) mass is 615 g/mol. The van der Waals surface area contributed by atoms with Crippen LogP contribution in [0.1, 0.15) is 205 Å². The zero-order valence-electron chi connectivity index (χ0n) is 29.2. The van der Waals surface area contributed by atoms with E-state index in [1.807, 2.05) is 0 Å². The van der Waals surface area contributed by atoms with Gasteiger partial charge < -0.3 is 18.4 Å². The van der Waals surface area contributed by atoms with Gasteiger partial charge in [-0.1, -0.05) is 193 Å². The van der Waals surface area contributed by atoms with E-state index in [-0.39, 0.29) is 0 Å². The molecule has 42 heavy (non-hydrogen) atoms. The summed E-state index contributed by atoms with van der Waals surface area (Å²) in [5.41, 5.74) is 0. The Hall–Kier alpha value is 0.0569. The van der Waals surface area contributed by atoms with Crippen LogP contribution in [0, 0.1) is 0 Å². The van der Waals surface area contributed by atoms with Crippen molar-refractivity contribution in [1.82, 2.24) is 0 Å². The highest BCUT2D eigenvalue weighted by molar-refractivity contribution is 6.60. The van der Waals surface area contributed by atoms with E-state index >= 15 is 0 Å². The van der Waals surface area contributed by atoms with Gasteiger partial charge in [0.1, 0.15) is 0 Å². The summed E-state index contributed by atoms with van der Waals surface area (Å²) in [5.74, 6) is 0. The molecule has 0 rings (SSSR count). The molecule has 0 atom stereocenters. The van der Waals surface area contributed by atoms with Gasteiger partial charge in [0.15, 0.2) is 0 Å². The predicted molar refractivity (Wildman–Crippen MR) is 186 cm³/mol. The third-order valence-electron chi connectivity index (χ3n) is 9.32. The lowest BCUT2D eigenvalue weighted by atomic mass is 10.0. The molecular weight excluding hydrogens is 536 g/mol. The van der Waals surface area contributed by atoms with Crippen LogP contribution in [0.3, 0.4) is 0 Å². The van der Waals surface area contributed by atoms with E-state index in [0.29, 0.717) is 6.61 Å². The van der Waals surface area contributed by atoms with Gasteiger partial charge in [-0.2, -0.15) is 0 Å². The highest BCUT2D eigenvalue weighted by atomic mass is 28.4. The lowest BCUT2D eigenvalue weighted by molar-refractivity contribution is 0.122. The maximum atomic E-state index is 8.79. The molecule has 0 amide bonds. The van der Waals surface area contributed by atoms with Crippen LogP contribution < -0.4 is 0 Å². The minimum atomic E-state index is -2.35. The van der Waals surface area contributed by atoms with E-state index in [9.17, 15) is 0 Å². The zero-order valence-corrected chi connectivity index (χ0v) is 30.2. The van der Waals surface area contributed by atoms with Crippen LogP contribution in [-0.2, 0) is 13.3 Å². The van der Waals surface area contributed by atoms with E-state index < -0.39 is 8.80 Å². The third kappa shape index (κ3) is 30.1. The van der Waals surface area contributed by atoms with Crippen molar-refractivity contribution in [3.63, 3.8) is 0 Å². The van der Waals surface area contributed by atoms with Crippen LogP contribution in [0.5, 0.6) is 0 Å². The predicted octanol–water partition coefficient (Wildman–Crippen LogP) is 12.3. The largest absolute Gasteiger partial charge is 0.500 e. The summed E-state index contributed by atoms with van der Waals surface area (Å²) in [7, 11) is 2.78. The van der Waals surface area contributed by atoms with Crippen molar-refractivity contribution in [2.75, 3.05) is 27.9 Å². The lowest BCUT2D eigenvalue weighted by Crippen LogP contribution is -2.42. The second-order valence-corrected chi connectivity index (χ2v) is 16.2. The fourth-order valence-corrected chi connectivity index (χ4v) is 8.11. The minimum Gasteiger partial charge on any atom is -0.396 e. The van der Waals surface area contributed by atoms with Crippen LogP contribution >= 0.6 is 0 Å². The van der Waals surface area contributed by atoms with Crippen LogP contribution in [0.2, 0.25) is 6.04 Å². The van der Waals surface area contributed by atoms with Crippen molar-refractivity contribution in [1.29, 1.82) is 0 Å². The molecule has 0 aliphatic rings. The van der Waals surface area contributed by atoms with Gasteiger partial charge in [-0.25, -0.2) is 0 Å². The fourth-order valence-electron chi connectivity index (χ4n) is 6.31. The summed E-state index contributed by atoms with van der Waals surface area (Å²) in [6.07, 6.45) is 44.8. The van der Waals surface area contributed by atoms with E-state index in [1.54, 1.807) is 21.3 Å². The first kappa shape index (κ1) is 42.1. The fraction of sp³-hybridized carbons (Fsp3) is 1.00. The number of aliphatic hydroxyl groups excluding tert-OH is 1. The van der Waals surface area contributed by atoms with Crippen molar-refractivity contribution >= 4 is 8.80 Å². The van der Waals surface area contributed by atoms with Gasteiger partial charge in [-0.15, -0.1) is 0 Å². The highest BCUT2D eigenvalue weighted by Crippen LogP contribution is 2.19. The van der Waals surface area contributed by atoms with Gasteiger partial charge in [0.05, 0.1) is 0 Å². The van der Waals surface area contributed by atoms with Gasteiger partial charge in [0.25, 0.3) is 0 Å². The molecule has 0 heterocycles. The lowest BCUT2D eigenvalue weighted by Gasteiger charge is -2.24. The Balaban J connectivity index is 3.12. The molecule has 0 fully saturated rings. The Kier molecular flexibility index (Phi) is 35.6. The number of unbranched alkanes of at least 4 members (excludes halogenated alkanes) is 31. The second-order valence-electron chi connectivity index (χ2n) is 13.1. The highest BCUT2D eigenvalue weighted by Gasteiger charge is 2.36. The van der Waals surface area contributed by atoms with Crippen molar-refractivity contribution in [2.24, 2.45) is 0 Å². The molecule has 0 aliphatic carbocycles. The smallest absolute Gasteiger partial charge is 0.396 e. The second kappa shape index (κ2) is 35.5. The number of aliphatic hydroxyl groups is 1. The van der Waals surface area contributed by atoms with E-state index in [2.05, 4.69) is 0 Å². The molecule has 0 aliphatic heterocycles. The average Bonchev–Trinajstić information content (AvgIpc) is 3.01. The van der Waals surface area contributed by atoms with E-state index in [0.717, 1.165) is 18.9 Å². The molecule has 0 aromatic heterocycles. The van der Waals surface area contributed by atoms with Crippen molar-refractivity contribution in [2.45, 2.75) is 212 Å². The average molecular weight is 615 g/mol. The summed E-state index contributed by atoms with van der Waals surface area (Å²) < 4.78 is 16.5. The first-order valence-corrected chi connectivity index (χ1v) is 20.9. The van der Waals surface area contributed by atoms with Crippen LogP contribution in [0.15, 0.2) is 0 Å². The normalized spacial score (nSPS) is 12.0. The summed E-state index contributed by atoms with van der Waals surface area (Å²) in [6.45, 7) is 0.370. The van der Waals surface area contributed by atoms with Crippen LogP contribution in [0.4, 0.5) is 0 Å². The Morgan fingerprint density at radius 2 is 0.452 bits per heavy atom. The number of hydrogen-bond acceptors (Lipinski definition) is 4. The molecular formula is C37H78O4Si. The number of rotatable bonds is 37. The zero-order chi connectivity index (χ0) is 30.7. The third-order valence-corrected chi connectivity index (χ3v) is 12.2. The maximum Gasteiger partial charge on any atom is 0.500 e. The Labute approximate surface area is 266 Å². The molecule has 0 radical (unpaired) electrons. The molecule has 5 heteroatoms. The number of hydrogen-bond donors (Lipinski definition) is 1. The molecule has 1 N–H and O–H groups in total. The Morgan fingerprint density at radius 3 is 0.619 bits per heavy atom. The molecule has 0 unspecified atom stereocenters. The first-order chi connectivity index (χ1) is 20.7. The SMILES string of the molecule is CO[Si](CCCCCCCCCCCCCCCCCCCCCCCCCCCCCCCCCCO)(OC)OC. The minimum absolute atomic E-state index is 0.370. The first-order valence-electron chi connectivity index (χ1n) is 19.0. The van der Waals surface area contributed by atoms with Gasteiger partial charge >= 0.3 is 8.80 Å². The van der Waals surface area contributed by atoms with Crippen LogP contribution in [0.25, 0.3) is 0 Å². The van der Waals surface area contributed by atoms with Crippen molar-refractivity contribution in [3.8, 4) is 0 Å². The summed E-state index contributed by atoms with van der Waals surface area (Å²) >= 11 is 0. The van der Waals surface area contributed by atoms with Crippen LogP contribution in [-0.4, -0.2) is 41.8 Å². The molecule has 0 bridgehead atoms. The van der Waals surface area contributed by atoms with Gasteiger partial charge in [-0.05, 0) is 12.8 Å². The molecule has 0 aromatic carbocycles. The van der Waals surface area contributed by atoms with E-state index in [4.69, 9.17) is 18.4 Å². The summed E-state index contributed by atoms with van der Waals surface area (Å²) in [5, 5.41) is 8.79. The summed E-state index contributed by atoms with van der Waals surface area (Å²) in [6, 6.07) is 0.937. The molecule has 0 aromatic rings. The van der Waals surface area contributed by atoms with Gasteiger partial charge in [0.2, 0.25) is 0 Å². The van der Waals surface area contributed by atoms with Crippen molar-refractivity contribution < 1.29 is 18.4 Å². The van der Waals surface area contributed by atoms with Crippen molar-refractivity contribution in [3.05, 3.63) is 0 Å². The Morgan fingerprint density at radius 1 is 0.286 bits per heavy atom. The molecule has 254 valence electrons. The topological polar surface area (TPSA) is 47.9 Å². The standard InChI is InChI=1S/C37H78O4Si/c1-39-42(40-2,41-3)37-35-33-31-29-27-25-23-21-19-17-15-13-11-9-7-5-4-6-8-10-12-14-16-18-20-22-24-26-28-30-32-34-36-38/h38H,4-37H2,1-3H3. The molecule has 0 saturated heterocycles. The molecule has 0 spiro atoms. The molecule has 4 nitrogen and oxygen atoms in total. The van der Waals surface area contributed by atoms with Gasteiger partial charge in [0, 0.05) is 34.0 Å². The maximum absolute atomic E-state index is 8.79.